The van der Waals surface area contributed by atoms with E-state index >= 15 is 0 Å². The van der Waals surface area contributed by atoms with Gasteiger partial charge in [-0.05, 0) is 23.8 Å². The van der Waals surface area contributed by atoms with Gasteiger partial charge in [-0.1, -0.05) is 36.4 Å². The van der Waals surface area contributed by atoms with Crippen LogP contribution in [-0.4, -0.2) is 9.38 Å². The van der Waals surface area contributed by atoms with E-state index in [9.17, 15) is 0 Å². The first kappa shape index (κ1) is 12.2. The summed E-state index contributed by atoms with van der Waals surface area (Å²) in [4.78, 5) is 4.40. The third-order valence-corrected chi connectivity index (χ3v) is 3.19. The topological polar surface area (TPSA) is 41.1 Å². The van der Waals surface area contributed by atoms with Crippen molar-refractivity contribution in [3.05, 3.63) is 71.8 Å². The number of hydrogen-bond acceptors (Lipinski definition) is 2. The highest BCUT2D eigenvalue weighted by Crippen LogP contribution is 2.16. The highest BCUT2D eigenvalue weighted by Gasteiger charge is 2.04. The SMILES string of the molecule is N#CCc1ccc2c(/C=C/c3ccccc3)nccn12. The first-order valence-electron chi connectivity index (χ1n) is 6.43. The van der Waals surface area contributed by atoms with Gasteiger partial charge in [-0.2, -0.15) is 5.26 Å². The monoisotopic (exact) mass is 259 g/mol. The minimum absolute atomic E-state index is 0.403. The van der Waals surface area contributed by atoms with Crippen LogP contribution in [0.5, 0.6) is 0 Å². The van der Waals surface area contributed by atoms with Crippen LogP contribution < -0.4 is 0 Å². The van der Waals surface area contributed by atoms with Crippen molar-refractivity contribution in [2.24, 2.45) is 0 Å². The molecule has 3 aromatic rings. The number of rotatable bonds is 3. The van der Waals surface area contributed by atoms with Crippen LogP contribution in [0.25, 0.3) is 17.7 Å². The van der Waals surface area contributed by atoms with E-state index in [1.54, 1.807) is 6.20 Å². The maximum atomic E-state index is 8.83. The van der Waals surface area contributed by atoms with Gasteiger partial charge in [-0.3, -0.25) is 4.98 Å². The molecule has 0 saturated heterocycles. The Kier molecular flexibility index (Phi) is 3.30. The molecule has 20 heavy (non-hydrogen) atoms. The zero-order chi connectivity index (χ0) is 13.8. The van der Waals surface area contributed by atoms with E-state index < -0.39 is 0 Å². The largest absolute Gasteiger partial charge is 0.316 e. The van der Waals surface area contributed by atoms with Crippen molar-refractivity contribution in [2.75, 3.05) is 0 Å². The van der Waals surface area contributed by atoms with Gasteiger partial charge in [-0.25, -0.2) is 0 Å². The average Bonchev–Trinajstić information content (AvgIpc) is 2.91. The summed E-state index contributed by atoms with van der Waals surface area (Å²) >= 11 is 0. The summed E-state index contributed by atoms with van der Waals surface area (Å²) in [6.45, 7) is 0. The molecular formula is C17H13N3. The Morgan fingerprint density at radius 2 is 1.95 bits per heavy atom. The highest BCUT2D eigenvalue weighted by atomic mass is 14.9. The van der Waals surface area contributed by atoms with Crippen LogP contribution in [0, 0.1) is 11.3 Å². The first-order valence-corrected chi connectivity index (χ1v) is 6.43. The Balaban J connectivity index is 2.00. The lowest BCUT2D eigenvalue weighted by Gasteiger charge is -2.01. The molecule has 0 spiro atoms. The fraction of sp³-hybridized carbons (Fsp3) is 0.0588. The van der Waals surface area contributed by atoms with Gasteiger partial charge >= 0.3 is 0 Å². The fourth-order valence-corrected chi connectivity index (χ4v) is 2.21. The van der Waals surface area contributed by atoms with E-state index in [4.69, 9.17) is 5.26 Å². The zero-order valence-electron chi connectivity index (χ0n) is 10.9. The summed E-state index contributed by atoms with van der Waals surface area (Å²) < 4.78 is 2.01. The molecule has 0 fully saturated rings. The van der Waals surface area contributed by atoms with Crippen LogP contribution in [0.4, 0.5) is 0 Å². The molecule has 0 bridgehead atoms. The maximum absolute atomic E-state index is 8.83. The van der Waals surface area contributed by atoms with Crippen molar-refractivity contribution in [2.45, 2.75) is 6.42 Å². The van der Waals surface area contributed by atoms with Crippen LogP contribution in [-0.2, 0) is 6.42 Å². The van der Waals surface area contributed by atoms with E-state index in [1.165, 1.54) is 0 Å². The van der Waals surface area contributed by atoms with Gasteiger partial charge in [0.1, 0.15) is 0 Å². The third kappa shape index (κ3) is 2.32. The lowest BCUT2D eigenvalue weighted by atomic mass is 10.2. The van der Waals surface area contributed by atoms with E-state index in [-0.39, 0.29) is 0 Å². The van der Waals surface area contributed by atoms with Crippen molar-refractivity contribution < 1.29 is 0 Å². The lowest BCUT2D eigenvalue weighted by Crippen LogP contribution is -1.94. The summed E-state index contributed by atoms with van der Waals surface area (Å²) in [7, 11) is 0. The summed E-state index contributed by atoms with van der Waals surface area (Å²) in [6.07, 6.45) is 8.10. The van der Waals surface area contributed by atoms with Gasteiger partial charge in [0, 0.05) is 18.1 Å². The number of fused-ring (bicyclic) bond motifs is 1. The van der Waals surface area contributed by atoms with Gasteiger partial charge < -0.3 is 4.40 Å². The van der Waals surface area contributed by atoms with Crippen LogP contribution in [0.15, 0.2) is 54.9 Å². The van der Waals surface area contributed by atoms with Crippen molar-refractivity contribution in [3.63, 3.8) is 0 Å². The van der Waals surface area contributed by atoms with Gasteiger partial charge in [0.2, 0.25) is 0 Å². The predicted octanol–water partition coefficient (Wildman–Crippen LogP) is 3.57. The van der Waals surface area contributed by atoms with Gasteiger partial charge in [0.25, 0.3) is 0 Å². The Morgan fingerprint density at radius 3 is 2.75 bits per heavy atom. The molecule has 0 saturated carbocycles. The first-order chi connectivity index (χ1) is 9.88. The summed E-state index contributed by atoms with van der Waals surface area (Å²) in [5.41, 5.74) is 4.05. The molecule has 2 heterocycles. The molecule has 0 aliphatic rings. The molecule has 3 heteroatoms. The normalized spacial score (nSPS) is 10.9. The summed E-state index contributed by atoms with van der Waals surface area (Å²) in [5.74, 6) is 0. The molecule has 2 aromatic heterocycles. The van der Waals surface area contributed by atoms with Crippen LogP contribution in [0.1, 0.15) is 17.0 Å². The van der Waals surface area contributed by atoms with E-state index in [2.05, 4.69) is 23.2 Å². The van der Waals surface area contributed by atoms with Gasteiger partial charge in [0.15, 0.2) is 0 Å². The van der Waals surface area contributed by atoms with Crippen LogP contribution in [0.2, 0.25) is 0 Å². The van der Waals surface area contributed by atoms with Crippen molar-refractivity contribution in [3.8, 4) is 6.07 Å². The van der Waals surface area contributed by atoms with Gasteiger partial charge in [-0.15, -0.1) is 0 Å². The minimum Gasteiger partial charge on any atom is -0.316 e. The molecule has 0 aliphatic heterocycles. The Bertz CT molecular complexity index is 792. The molecule has 0 N–H and O–H groups in total. The second-order valence-electron chi connectivity index (χ2n) is 4.47. The minimum atomic E-state index is 0.403. The number of benzene rings is 1. The second kappa shape index (κ2) is 5.41. The number of nitrogens with zero attached hydrogens (tertiary/aromatic N) is 3. The Labute approximate surface area is 117 Å². The Hall–Kier alpha value is -2.86. The highest BCUT2D eigenvalue weighted by molar-refractivity contribution is 5.76. The predicted molar refractivity (Wildman–Crippen MR) is 79.9 cm³/mol. The molecule has 1 aromatic carbocycles. The summed E-state index contributed by atoms with van der Waals surface area (Å²) in [6, 6.07) is 16.3. The molecule has 0 atom stereocenters. The number of aromatic nitrogens is 2. The van der Waals surface area contributed by atoms with Gasteiger partial charge in [0.05, 0.1) is 23.7 Å². The zero-order valence-corrected chi connectivity index (χ0v) is 10.9. The fourth-order valence-electron chi connectivity index (χ4n) is 2.21. The molecular weight excluding hydrogens is 246 g/mol. The molecule has 0 amide bonds. The Morgan fingerprint density at radius 1 is 1.10 bits per heavy atom. The molecule has 0 radical (unpaired) electrons. The van der Waals surface area contributed by atoms with Crippen molar-refractivity contribution in [1.82, 2.24) is 9.38 Å². The average molecular weight is 259 g/mol. The maximum Gasteiger partial charge on any atom is 0.0870 e. The molecule has 96 valence electrons. The standard InChI is InChI=1S/C17H13N3/c18-11-10-15-7-9-17-16(19-12-13-20(15)17)8-6-14-4-2-1-3-5-14/h1-9,12-13H,10H2/b8-6+. The molecule has 3 nitrogen and oxygen atoms in total. The third-order valence-electron chi connectivity index (χ3n) is 3.19. The number of nitriles is 1. The summed E-state index contributed by atoms with van der Waals surface area (Å²) in [5, 5.41) is 8.83. The van der Waals surface area contributed by atoms with Crippen molar-refractivity contribution in [1.29, 1.82) is 5.26 Å². The van der Waals surface area contributed by atoms with E-state index in [0.29, 0.717) is 6.42 Å². The number of hydrogen-bond donors (Lipinski definition) is 0. The molecule has 3 rings (SSSR count). The lowest BCUT2D eigenvalue weighted by molar-refractivity contribution is 1.03. The quantitative estimate of drug-likeness (QED) is 0.721. The van der Waals surface area contributed by atoms with Crippen LogP contribution in [0.3, 0.4) is 0 Å². The van der Waals surface area contributed by atoms with E-state index in [1.807, 2.05) is 53.1 Å². The smallest absolute Gasteiger partial charge is 0.0870 e. The second-order valence-corrected chi connectivity index (χ2v) is 4.47. The van der Waals surface area contributed by atoms with Crippen molar-refractivity contribution >= 4 is 17.7 Å². The molecule has 0 unspecified atom stereocenters. The van der Waals surface area contributed by atoms with E-state index in [0.717, 1.165) is 22.5 Å². The molecule has 0 aliphatic carbocycles. The van der Waals surface area contributed by atoms with Crippen LogP contribution >= 0.6 is 0 Å².